The quantitative estimate of drug-likeness (QED) is 0.517. The van der Waals surface area contributed by atoms with Crippen molar-refractivity contribution < 1.29 is 22.8 Å². The first-order chi connectivity index (χ1) is 16.7. The number of hydrogen-bond donors (Lipinski definition) is 2. The van der Waals surface area contributed by atoms with Gasteiger partial charge in [0.25, 0.3) is 5.91 Å². The Morgan fingerprint density at radius 1 is 1.17 bits per heavy atom. The van der Waals surface area contributed by atoms with Crippen LogP contribution in [-0.4, -0.2) is 42.9 Å². The Hall–Kier alpha value is -2.43. The van der Waals surface area contributed by atoms with Crippen molar-refractivity contribution in [3.05, 3.63) is 47.0 Å². The third-order valence-electron chi connectivity index (χ3n) is 6.05. The van der Waals surface area contributed by atoms with E-state index in [2.05, 4.69) is 14.4 Å². The molecule has 0 aliphatic carbocycles. The maximum absolute atomic E-state index is 13.4. The molecule has 0 radical (unpaired) electrons. The molecule has 2 aromatic rings. The lowest BCUT2D eigenvalue weighted by molar-refractivity contribution is -0.141. The molecule has 10 heteroatoms. The predicted octanol–water partition coefficient (Wildman–Crippen LogP) is 3.07. The van der Waals surface area contributed by atoms with Crippen molar-refractivity contribution in [2.24, 2.45) is 11.8 Å². The standard InChI is InChI=1S/C25H33N3O5S2/c1-17(2)13-21(28-35(32,33)20-9-5-3-6-10-20)22(29)15-18-14-19-16-27-34-23(19)11-7-4-8-12-26-25(31)24(18)30/h3,5-6,9-10,16-18,21,28H,4,7-8,11-15H2,1-2H3,(H,26,31). The van der Waals surface area contributed by atoms with Crippen molar-refractivity contribution in [2.75, 3.05) is 6.54 Å². The summed E-state index contributed by atoms with van der Waals surface area (Å²) in [6.45, 7) is 4.21. The number of sulfonamides is 1. The highest BCUT2D eigenvalue weighted by Gasteiger charge is 2.33. The summed E-state index contributed by atoms with van der Waals surface area (Å²) in [5, 5.41) is 2.67. The number of benzene rings is 1. The van der Waals surface area contributed by atoms with Crippen molar-refractivity contribution in [1.82, 2.24) is 14.4 Å². The molecule has 0 bridgehead atoms. The SMILES string of the molecule is CC(C)CC(NS(=O)(=O)c1ccccc1)C(=O)CC1Cc2cnsc2CCCCCNC(=O)C1=O. The van der Waals surface area contributed by atoms with E-state index in [1.54, 1.807) is 24.4 Å². The van der Waals surface area contributed by atoms with E-state index in [0.29, 0.717) is 6.54 Å². The van der Waals surface area contributed by atoms with Crippen LogP contribution in [0, 0.1) is 11.8 Å². The second-order valence-corrected chi connectivity index (χ2v) is 12.0. The van der Waals surface area contributed by atoms with E-state index in [0.717, 1.165) is 36.1 Å². The summed E-state index contributed by atoms with van der Waals surface area (Å²) >= 11 is 1.38. The molecule has 1 aromatic carbocycles. The molecule has 3 rings (SSSR count). The van der Waals surface area contributed by atoms with Crippen LogP contribution in [0.5, 0.6) is 0 Å². The van der Waals surface area contributed by atoms with Gasteiger partial charge in [0.05, 0.1) is 10.9 Å². The fourth-order valence-electron chi connectivity index (χ4n) is 4.20. The largest absolute Gasteiger partial charge is 0.349 e. The molecule has 35 heavy (non-hydrogen) atoms. The number of nitrogens with one attached hydrogen (secondary N) is 2. The molecule has 0 saturated carbocycles. The van der Waals surface area contributed by atoms with Crippen LogP contribution in [0.2, 0.25) is 0 Å². The van der Waals surface area contributed by atoms with Crippen LogP contribution in [0.3, 0.4) is 0 Å². The molecule has 1 aromatic heterocycles. The zero-order chi connectivity index (χ0) is 25.4. The summed E-state index contributed by atoms with van der Waals surface area (Å²) in [5.74, 6) is -2.59. The Morgan fingerprint density at radius 2 is 1.91 bits per heavy atom. The summed E-state index contributed by atoms with van der Waals surface area (Å²) in [7, 11) is -3.93. The van der Waals surface area contributed by atoms with E-state index in [-0.39, 0.29) is 30.1 Å². The zero-order valence-corrected chi connectivity index (χ0v) is 21.8. The van der Waals surface area contributed by atoms with Crippen LogP contribution >= 0.6 is 11.5 Å². The van der Waals surface area contributed by atoms with Gasteiger partial charge in [-0.05, 0) is 67.3 Å². The molecule has 1 aliphatic heterocycles. The van der Waals surface area contributed by atoms with Crippen LogP contribution in [0.4, 0.5) is 0 Å². The van der Waals surface area contributed by atoms with Crippen molar-refractivity contribution >= 4 is 39.0 Å². The minimum Gasteiger partial charge on any atom is -0.349 e. The van der Waals surface area contributed by atoms with Gasteiger partial charge >= 0.3 is 0 Å². The molecule has 0 fully saturated rings. The number of aromatic nitrogens is 1. The fourth-order valence-corrected chi connectivity index (χ4v) is 6.25. The first kappa shape index (κ1) is 27.2. The van der Waals surface area contributed by atoms with Crippen LogP contribution in [0.15, 0.2) is 41.4 Å². The van der Waals surface area contributed by atoms with E-state index in [4.69, 9.17) is 0 Å². The first-order valence-corrected chi connectivity index (χ1v) is 14.3. The molecule has 2 atom stereocenters. The molecule has 1 aliphatic rings. The smallest absolute Gasteiger partial charge is 0.287 e. The van der Waals surface area contributed by atoms with Crippen LogP contribution < -0.4 is 10.0 Å². The van der Waals surface area contributed by atoms with Crippen molar-refractivity contribution in [3.63, 3.8) is 0 Å². The van der Waals surface area contributed by atoms with Gasteiger partial charge in [-0.25, -0.2) is 17.5 Å². The number of amides is 1. The highest BCUT2D eigenvalue weighted by atomic mass is 32.2. The Morgan fingerprint density at radius 3 is 2.63 bits per heavy atom. The number of hydrogen-bond acceptors (Lipinski definition) is 7. The highest BCUT2D eigenvalue weighted by Crippen LogP contribution is 2.24. The Kier molecular flexibility index (Phi) is 9.71. The van der Waals surface area contributed by atoms with E-state index < -0.39 is 39.5 Å². The lowest BCUT2D eigenvalue weighted by Crippen LogP contribution is -2.44. The maximum Gasteiger partial charge on any atom is 0.287 e. The Balaban J connectivity index is 1.84. The Bertz CT molecular complexity index is 1130. The number of nitrogens with zero attached hydrogens (tertiary/aromatic N) is 1. The number of carbonyl (C=O) groups is 3. The topological polar surface area (TPSA) is 122 Å². The average molecular weight is 520 g/mol. The molecule has 8 nitrogen and oxygen atoms in total. The minimum atomic E-state index is -3.93. The summed E-state index contributed by atoms with van der Waals surface area (Å²) < 4.78 is 32.6. The van der Waals surface area contributed by atoms with E-state index in [1.165, 1.54) is 23.7 Å². The van der Waals surface area contributed by atoms with Crippen molar-refractivity contribution in [2.45, 2.75) is 69.7 Å². The van der Waals surface area contributed by atoms with E-state index in [1.807, 2.05) is 13.8 Å². The molecule has 2 heterocycles. The Labute approximate surface area is 211 Å². The van der Waals surface area contributed by atoms with Gasteiger partial charge in [-0.2, -0.15) is 0 Å². The number of fused-ring (bicyclic) bond motifs is 1. The average Bonchev–Trinajstić information content (AvgIpc) is 3.26. The number of rotatable bonds is 8. The predicted molar refractivity (Wildman–Crippen MR) is 135 cm³/mol. The van der Waals surface area contributed by atoms with Gasteiger partial charge in [-0.3, -0.25) is 14.4 Å². The molecule has 190 valence electrons. The summed E-state index contributed by atoms with van der Waals surface area (Å²) in [5.41, 5.74) is 0.875. The lowest BCUT2D eigenvalue weighted by Gasteiger charge is -2.22. The van der Waals surface area contributed by atoms with Gasteiger partial charge < -0.3 is 5.32 Å². The zero-order valence-electron chi connectivity index (χ0n) is 20.2. The van der Waals surface area contributed by atoms with Crippen LogP contribution in [-0.2, 0) is 37.2 Å². The van der Waals surface area contributed by atoms with Gasteiger partial charge in [0.2, 0.25) is 15.8 Å². The third kappa shape index (κ3) is 7.78. The summed E-state index contributed by atoms with van der Waals surface area (Å²) in [4.78, 5) is 40.1. The van der Waals surface area contributed by atoms with Gasteiger partial charge in [0.15, 0.2) is 5.78 Å². The third-order valence-corrected chi connectivity index (χ3v) is 8.44. The number of Topliss-reactive ketones (excluding diaryl/α,β-unsaturated/α-hetero) is 2. The molecule has 1 amide bonds. The molecule has 2 unspecified atom stereocenters. The second-order valence-electron chi connectivity index (χ2n) is 9.39. The van der Waals surface area contributed by atoms with E-state index >= 15 is 0 Å². The van der Waals surface area contributed by atoms with Gasteiger partial charge in [0, 0.05) is 30.0 Å². The van der Waals surface area contributed by atoms with Crippen LogP contribution in [0.25, 0.3) is 0 Å². The second kappa shape index (κ2) is 12.5. The molecule has 0 spiro atoms. The van der Waals surface area contributed by atoms with E-state index in [9.17, 15) is 22.8 Å². The van der Waals surface area contributed by atoms with Crippen molar-refractivity contribution in [3.8, 4) is 0 Å². The molecular formula is C25H33N3O5S2. The summed E-state index contributed by atoms with van der Waals surface area (Å²) in [6.07, 6.45) is 5.50. The molecule has 0 saturated heterocycles. The van der Waals surface area contributed by atoms with Gasteiger partial charge in [-0.15, -0.1) is 0 Å². The number of aryl methyl sites for hydroxylation is 1. The van der Waals surface area contributed by atoms with Gasteiger partial charge in [-0.1, -0.05) is 38.5 Å². The monoisotopic (exact) mass is 519 g/mol. The lowest BCUT2D eigenvalue weighted by atomic mass is 9.87. The number of ketones is 2. The first-order valence-electron chi connectivity index (χ1n) is 12.0. The normalized spacial score (nSPS) is 18.8. The van der Waals surface area contributed by atoms with Crippen LogP contribution in [0.1, 0.15) is 56.4 Å². The number of carbonyl (C=O) groups excluding carboxylic acids is 3. The van der Waals surface area contributed by atoms with Crippen molar-refractivity contribution in [1.29, 1.82) is 0 Å². The van der Waals surface area contributed by atoms with Gasteiger partial charge in [0.1, 0.15) is 0 Å². The summed E-state index contributed by atoms with van der Waals surface area (Å²) in [6, 6.07) is 6.86. The highest BCUT2D eigenvalue weighted by molar-refractivity contribution is 7.89. The maximum atomic E-state index is 13.4. The minimum absolute atomic E-state index is 0.0328. The molecule has 2 N–H and O–H groups in total. The fraction of sp³-hybridized carbons (Fsp3) is 0.520. The molecular weight excluding hydrogens is 486 g/mol.